The smallest absolute Gasteiger partial charge is 0.0964 e. The second-order valence-corrected chi connectivity index (χ2v) is 4.20. The predicted molar refractivity (Wildman–Crippen MR) is 67.4 cm³/mol. The van der Waals surface area contributed by atoms with Gasteiger partial charge < -0.3 is 5.32 Å². The van der Waals surface area contributed by atoms with Gasteiger partial charge in [-0.3, -0.25) is 4.99 Å². The lowest BCUT2D eigenvalue weighted by Crippen LogP contribution is -2.17. The van der Waals surface area contributed by atoms with E-state index in [4.69, 9.17) is 0 Å². The molecule has 0 aromatic rings. The summed E-state index contributed by atoms with van der Waals surface area (Å²) in [4.78, 5) is 4.39. The van der Waals surface area contributed by atoms with Gasteiger partial charge in [0, 0.05) is 13.0 Å². The van der Waals surface area contributed by atoms with Gasteiger partial charge in [0.05, 0.1) is 12.4 Å². The molecule has 1 N–H and O–H groups in total. The quantitative estimate of drug-likeness (QED) is 0.456. The van der Waals surface area contributed by atoms with Crippen molar-refractivity contribution in [2.24, 2.45) is 4.99 Å². The molecule has 0 aromatic heterocycles. The molecule has 0 fully saturated rings. The summed E-state index contributed by atoms with van der Waals surface area (Å²) in [5, 5.41) is 3.31. The molecule has 86 valence electrons. The Balaban J connectivity index is 1.78. The molecule has 0 radical (unpaired) electrons. The lowest BCUT2D eigenvalue weighted by molar-refractivity contribution is 0.602. The average Bonchev–Trinajstić information content (AvgIpc) is 2.75. The molecule has 1 rings (SSSR count). The van der Waals surface area contributed by atoms with E-state index in [0.29, 0.717) is 0 Å². The van der Waals surface area contributed by atoms with Crippen molar-refractivity contribution in [1.29, 1.82) is 0 Å². The monoisotopic (exact) mass is 208 g/mol. The molecule has 0 saturated heterocycles. The van der Waals surface area contributed by atoms with Crippen LogP contribution in [-0.4, -0.2) is 18.9 Å². The van der Waals surface area contributed by atoms with Crippen molar-refractivity contribution in [1.82, 2.24) is 5.32 Å². The third-order valence-corrected chi connectivity index (χ3v) is 2.82. The molecule has 1 aliphatic heterocycles. The molecule has 0 aromatic carbocycles. The molecular weight excluding hydrogens is 184 g/mol. The van der Waals surface area contributed by atoms with Gasteiger partial charge in [0.15, 0.2) is 0 Å². The number of allylic oxidation sites excluding steroid dienone is 1. The summed E-state index contributed by atoms with van der Waals surface area (Å²) in [6.45, 7) is 5.77. The molecule has 1 heterocycles. The van der Waals surface area contributed by atoms with Crippen molar-refractivity contribution in [3.05, 3.63) is 12.7 Å². The van der Waals surface area contributed by atoms with Crippen molar-refractivity contribution in [2.75, 3.05) is 13.1 Å². The van der Waals surface area contributed by atoms with E-state index in [1.165, 1.54) is 50.8 Å². The third kappa shape index (κ3) is 6.32. The Morgan fingerprint density at radius 1 is 1.13 bits per heavy atom. The Morgan fingerprint density at radius 2 is 1.87 bits per heavy atom. The molecule has 0 bridgehead atoms. The second-order valence-electron chi connectivity index (χ2n) is 4.20. The third-order valence-electron chi connectivity index (χ3n) is 2.82. The molecule has 1 aliphatic rings. The minimum Gasteiger partial charge on any atom is -0.372 e. The van der Waals surface area contributed by atoms with E-state index in [9.17, 15) is 0 Å². The molecular formula is C13H24N2. The highest BCUT2D eigenvalue weighted by Gasteiger charge is 2.03. The van der Waals surface area contributed by atoms with Gasteiger partial charge in [-0.2, -0.15) is 0 Å². The highest BCUT2D eigenvalue weighted by molar-refractivity contribution is 5.83. The van der Waals surface area contributed by atoms with Crippen molar-refractivity contribution >= 4 is 5.84 Å². The van der Waals surface area contributed by atoms with Crippen molar-refractivity contribution in [3.63, 3.8) is 0 Å². The average molecular weight is 208 g/mol. The number of hydrogen-bond acceptors (Lipinski definition) is 2. The molecule has 0 atom stereocenters. The van der Waals surface area contributed by atoms with Crippen LogP contribution in [0.2, 0.25) is 0 Å². The van der Waals surface area contributed by atoms with E-state index >= 15 is 0 Å². The molecule has 0 aliphatic carbocycles. The fraction of sp³-hybridized carbons (Fsp3) is 0.769. The summed E-state index contributed by atoms with van der Waals surface area (Å²) >= 11 is 0. The Morgan fingerprint density at radius 3 is 2.53 bits per heavy atom. The van der Waals surface area contributed by atoms with Gasteiger partial charge in [0.2, 0.25) is 0 Å². The second kappa shape index (κ2) is 8.51. The van der Waals surface area contributed by atoms with Gasteiger partial charge in [0.25, 0.3) is 0 Å². The van der Waals surface area contributed by atoms with Gasteiger partial charge in [-0.1, -0.05) is 31.8 Å². The van der Waals surface area contributed by atoms with Gasteiger partial charge in [-0.15, -0.1) is 6.58 Å². The van der Waals surface area contributed by atoms with Crippen LogP contribution in [0.4, 0.5) is 0 Å². The lowest BCUT2D eigenvalue weighted by Gasteiger charge is -2.02. The Kier molecular flexibility index (Phi) is 6.97. The van der Waals surface area contributed by atoms with Crippen LogP contribution in [0.25, 0.3) is 0 Å². The highest BCUT2D eigenvalue weighted by atomic mass is 15.1. The number of amidine groups is 1. The number of nitrogens with one attached hydrogen (secondary N) is 1. The van der Waals surface area contributed by atoms with E-state index in [2.05, 4.69) is 16.9 Å². The van der Waals surface area contributed by atoms with Crippen LogP contribution in [0.15, 0.2) is 17.6 Å². The van der Waals surface area contributed by atoms with Crippen LogP contribution in [-0.2, 0) is 0 Å². The van der Waals surface area contributed by atoms with Crippen LogP contribution in [0.5, 0.6) is 0 Å². The summed E-state index contributed by atoms with van der Waals surface area (Å²) in [5.41, 5.74) is 0. The summed E-state index contributed by atoms with van der Waals surface area (Å²) in [6, 6.07) is 0. The summed E-state index contributed by atoms with van der Waals surface area (Å²) < 4.78 is 0. The molecule has 0 amide bonds. The molecule has 2 nitrogen and oxygen atoms in total. The first-order valence-electron chi connectivity index (χ1n) is 6.31. The fourth-order valence-electron chi connectivity index (χ4n) is 1.90. The Hall–Kier alpha value is -0.790. The first-order valence-corrected chi connectivity index (χ1v) is 6.31. The summed E-state index contributed by atoms with van der Waals surface area (Å²) in [7, 11) is 0. The van der Waals surface area contributed by atoms with Crippen molar-refractivity contribution in [2.45, 2.75) is 51.4 Å². The van der Waals surface area contributed by atoms with Crippen LogP contribution in [0.1, 0.15) is 51.4 Å². The first kappa shape index (κ1) is 12.3. The molecule has 15 heavy (non-hydrogen) atoms. The standard InChI is InChI=1S/C13H24N2/c1-2-3-4-5-6-7-8-9-10-13-14-11-12-15-13/h2H,1,3-12H2,(H,14,15). The van der Waals surface area contributed by atoms with E-state index in [0.717, 1.165) is 19.5 Å². The van der Waals surface area contributed by atoms with Crippen molar-refractivity contribution in [3.8, 4) is 0 Å². The highest BCUT2D eigenvalue weighted by Crippen LogP contribution is 2.09. The Labute approximate surface area is 93.9 Å². The minimum atomic E-state index is 0.983. The van der Waals surface area contributed by atoms with Crippen LogP contribution < -0.4 is 5.32 Å². The van der Waals surface area contributed by atoms with E-state index in [1.807, 2.05) is 6.08 Å². The summed E-state index contributed by atoms with van der Waals surface area (Å²) in [6.07, 6.45) is 12.5. The zero-order valence-electron chi connectivity index (χ0n) is 9.80. The van der Waals surface area contributed by atoms with Gasteiger partial charge in [-0.25, -0.2) is 0 Å². The largest absolute Gasteiger partial charge is 0.372 e. The van der Waals surface area contributed by atoms with Crippen LogP contribution >= 0.6 is 0 Å². The predicted octanol–water partition coefficient (Wildman–Crippen LogP) is 3.29. The zero-order valence-corrected chi connectivity index (χ0v) is 9.80. The van der Waals surface area contributed by atoms with E-state index in [1.54, 1.807) is 0 Å². The number of hydrogen-bond donors (Lipinski definition) is 1. The fourth-order valence-corrected chi connectivity index (χ4v) is 1.90. The Bertz CT molecular complexity index is 197. The zero-order chi connectivity index (χ0) is 10.8. The summed E-state index contributed by atoms with van der Waals surface area (Å²) in [5.74, 6) is 1.24. The number of nitrogens with zero attached hydrogens (tertiary/aromatic N) is 1. The number of unbranched alkanes of at least 4 members (excludes halogenated alkanes) is 6. The lowest BCUT2D eigenvalue weighted by atomic mass is 10.1. The van der Waals surface area contributed by atoms with Gasteiger partial charge in [-0.05, 0) is 19.3 Å². The molecule has 0 spiro atoms. The van der Waals surface area contributed by atoms with E-state index in [-0.39, 0.29) is 0 Å². The maximum Gasteiger partial charge on any atom is 0.0964 e. The molecule has 0 unspecified atom stereocenters. The van der Waals surface area contributed by atoms with Gasteiger partial charge in [0.1, 0.15) is 0 Å². The number of rotatable bonds is 9. The molecule has 0 saturated carbocycles. The van der Waals surface area contributed by atoms with Crippen LogP contribution in [0, 0.1) is 0 Å². The van der Waals surface area contributed by atoms with Gasteiger partial charge >= 0.3 is 0 Å². The first-order chi connectivity index (χ1) is 7.43. The van der Waals surface area contributed by atoms with Crippen LogP contribution in [0.3, 0.4) is 0 Å². The number of aliphatic imine (C=N–C) groups is 1. The van der Waals surface area contributed by atoms with Crippen molar-refractivity contribution < 1.29 is 0 Å². The molecule has 2 heteroatoms. The maximum absolute atomic E-state index is 4.39. The SMILES string of the molecule is C=CCCCCCCCCC1=NCCN1. The maximum atomic E-state index is 4.39. The topological polar surface area (TPSA) is 24.4 Å². The normalized spacial score (nSPS) is 14.8. The minimum absolute atomic E-state index is 0.983. The van der Waals surface area contributed by atoms with E-state index < -0.39 is 0 Å².